The van der Waals surface area contributed by atoms with Crippen LogP contribution in [0.15, 0.2) is 30.5 Å². The van der Waals surface area contributed by atoms with Crippen molar-refractivity contribution in [2.45, 2.75) is 13.0 Å². The molecule has 0 aromatic heterocycles. The zero-order chi connectivity index (χ0) is 19.3. The van der Waals surface area contributed by atoms with Crippen molar-refractivity contribution in [3.8, 4) is 5.75 Å². The van der Waals surface area contributed by atoms with Crippen LogP contribution < -0.4 is 15.4 Å². The topological polar surface area (TPSA) is 103 Å². The number of esters is 2. The molecule has 1 aliphatic rings. The Morgan fingerprint density at radius 2 is 2.08 bits per heavy atom. The molecule has 8 nitrogen and oxygen atoms in total. The summed E-state index contributed by atoms with van der Waals surface area (Å²) in [5.41, 5.74) is 0.593. The van der Waals surface area contributed by atoms with Gasteiger partial charge in [-0.15, -0.1) is 0 Å². The molecule has 1 fully saturated rings. The van der Waals surface area contributed by atoms with E-state index in [0.29, 0.717) is 10.6 Å². The highest BCUT2D eigenvalue weighted by Gasteiger charge is 2.40. The van der Waals surface area contributed by atoms with E-state index in [1.54, 1.807) is 25.1 Å². The highest BCUT2D eigenvalue weighted by Crippen LogP contribution is 2.37. The summed E-state index contributed by atoms with van der Waals surface area (Å²) in [4.78, 5) is 35.6. The van der Waals surface area contributed by atoms with Gasteiger partial charge < -0.3 is 24.8 Å². The Morgan fingerprint density at radius 3 is 2.73 bits per heavy atom. The van der Waals surface area contributed by atoms with Crippen LogP contribution in [0.25, 0.3) is 0 Å². The SMILES string of the molecule is C=C1NC(=O)N[C@@H](c2cc(Cl)ccc2OCC(=O)OCC)[C@H]1C(=O)OC. The maximum Gasteiger partial charge on any atom is 0.344 e. The van der Waals surface area contributed by atoms with Crippen LogP contribution in [0.3, 0.4) is 0 Å². The van der Waals surface area contributed by atoms with Crippen molar-refractivity contribution in [1.82, 2.24) is 10.6 Å². The van der Waals surface area contributed by atoms with Gasteiger partial charge in [-0.1, -0.05) is 18.2 Å². The number of hydrogen-bond acceptors (Lipinski definition) is 6. The molecule has 2 amide bonds. The molecule has 2 atom stereocenters. The maximum atomic E-state index is 12.2. The van der Waals surface area contributed by atoms with Crippen LogP contribution in [-0.4, -0.2) is 38.3 Å². The molecular formula is C17H19ClN2O6. The minimum atomic E-state index is -0.902. The summed E-state index contributed by atoms with van der Waals surface area (Å²) in [7, 11) is 1.24. The lowest BCUT2D eigenvalue weighted by atomic mass is 9.88. The van der Waals surface area contributed by atoms with Gasteiger partial charge in [-0.05, 0) is 25.1 Å². The van der Waals surface area contributed by atoms with Gasteiger partial charge in [0.2, 0.25) is 0 Å². The summed E-state index contributed by atoms with van der Waals surface area (Å²) >= 11 is 6.07. The van der Waals surface area contributed by atoms with Crippen LogP contribution in [-0.2, 0) is 19.1 Å². The number of nitrogens with one attached hydrogen (secondary N) is 2. The molecule has 1 aromatic carbocycles. The first-order chi connectivity index (χ1) is 12.4. The monoisotopic (exact) mass is 382 g/mol. The molecule has 0 saturated carbocycles. The fourth-order valence-corrected chi connectivity index (χ4v) is 2.76. The molecule has 0 bridgehead atoms. The fraction of sp³-hybridized carbons (Fsp3) is 0.353. The Kier molecular flexibility index (Phi) is 6.46. The Hall–Kier alpha value is -2.74. The third-order valence-corrected chi connectivity index (χ3v) is 3.92. The molecule has 1 aliphatic heterocycles. The summed E-state index contributed by atoms with van der Waals surface area (Å²) in [6, 6.07) is 3.29. The fourth-order valence-electron chi connectivity index (χ4n) is 2.58. The molecule has 2 N–H and O–H groups in total. The third kappa shape index (κ3) is 4.45. The Bertz CT molecular complexity index is 736. The Balaban J connectivity index is 2.38. The second-order valence-corrected chi connectivity index (χ2v) is 5.81. The van der Waals surface area contributed by atoms with Crippen LogP contribution in [0, 0.1) is 5.92 Å². The summed E-state index contributed by atoms with van der Waals surface area (Å²) < 4.78 is 15.1. The summed E-state index contributed by atoms with van der Waals surface area (Å²) in [5.74, 6) is -1.77. The average Bonchev–Trinajstić information content (AvgIpc) is 2.59. The second kappa shape index (κ2) is 8.57. The van der Waals surface area contributed by atoms with E-state index in [1.807, 2.05) is 0 Å². The first kappa shape index (κ1) is 19.6. The van der Waals surface area contributed by atoms with Crippen LogP contribution in [0.1, 0.15) is 18.5 Å². The molecule has 1 heterocycles. The average molecular weight is 383 g/mol. The smallest absolute Gasteiger partial charge is 0.344 e. The molecule has 1 aromatic rings. The lowest BCUT2D eigenvalue weighted by molar-refractivity contribution is -0.146. The van der Waals surface area contributed by atoms with E-state index >= 15 is 0 Å². The molecule has 0 radical (unpaired) electrons. The first-order valence-electron chi connectivity index (χ1n) is 7.79. The zero-order valence-electron chi connectivity index (χ0n) is 14.3. The minimum absolute atomic E-state index is 0.182. The van der Waals surface area contributed by atoms with Gasteiger partial charge in [0.1, 0.15) is 11.7 Å². The van der Waals surface area contributed by atoms with Gasteiger partial charge in [-0.3, -0.25) is 4.79 Å². The molecular weight excluding hydrogens is 364 g/mol. The van der Waals surface area contributed by atoms with Gasteiger partial charge in [0.25, 0.3) is 0 Å². The van der Waals surface area contributed by atoms with Crippen molar-refractivity contribution in [2.75, 3.05) is 20.3 Å². The van der Waals surface area contributed by atoms with E-state index in [0.717, 1.165) is 0 Å². The summed E-state index contributed by atoms with van der Waals surface area (Å²) in [6.07, 6.45) is 0. The number of carbonyl (C=O) groups is 3. The van der Waals surface area contributed by atoms with Crippen molar-refractivity contribution in [2.24, 2.45) is 5.92 Å². The number of ether oxygens (including phenoxy) is 3. The summed E-state index contributed by atoms with van der Waals surface area (Å²) in [6.45, 7) is 5.30. The van der Waals surface area contributed by atoms with Gasteiger partial charge >= 0.3 is 18.0 Å². The molecule has 0 unspecified atom stereocenters. The summed E-state index contributed by atoms with van der Waals surface area (Å²) in [5, 5.41) is 5.46. The Morgan fingerprint density at radius 1 is 1.35 bits per heavy atom. The maximum absolute atomic E-state index is 12.2. The number of halogens is 1. The number of carbonyl (C=O) groups excluding carboxylic acids is 3. The van der Waals surface area contributed by atoms with Gasteiger partial charge in [0.05, 0.1) is 19.8 Å². The molecule has 2 rings (SSSR count). The van der Waals surface area contributed by atoms with Crippen molar-refractivity contribution < 1.29 is 28.6 Å². The number of rotatable bonds is 6. The van der Waals surface area contributed by atoms with Gasteiger partial charge in [0.15, 0.2) is 6.61 Å². The van der Waals surface area contributed by atoms with E-state index < -0.39 is 29.9 Å². The predicted octanol–water partition coefficient (Wildman–Crippen LogP) is 1.94. The highest BCUT2D eigenvalue weighted by atomic mass is 35.5. The van der Waals surface area contributed by atoms with Crippen molar-refractivity contribution in [3.63, 3.8) is 0 Å². The normalized spacial score (nSPS) is 19.2. The molecule has 0 aliphatic carbocycles. The van der Waals surface area contributed by atoms with Gasteiger partial charge in [0, 0.05) is 16.3 Å². The first-order valence-corrected chi connectivity index (χ1v) is 8.17. The second-order valence-electron chi connectivity index (χ2n) is 5.38. The van der Waals surface area contributed by atoms with Crippen LogP contribution in [0.4, 0.5) is 4.79 Å². The molecule has 9 heteroatoms. The van der Waals surface area contributed by atoms with E-state index in [1.165, 1.54) is 7.11 Å². The molecule has 1 saturated heterocycles. The van der Waals surface area contributed by atoms with E-state index in [2.05, 4.69) is 17.2 Å². The van der Waals surface area contributed by atoms with Crippen LogP contribution in [0.2, 0.25) is 5.02 Å². The van der Waals surface area contributed by atoms with E-state index in [9.17, 15) is 14.4 Å². The number of methoxy groups -OCH3 is 1. The number of hydrogen-bond donors (Lipinski definition) is 2. The van der Waals surface area contributed by atoms with Gasteiger partial charge in [-0.25, -0.2) is 9.59 Å². The Labute approximate surface area is 155 Å². The van der Waals surface area contributed by atoms with Gasteiger partial charge in [-0.2, -0.15) is 0 Å². The minimum Gasteiger partial charge on any atom is -0.482 e. The standard InChI is InChI=1S/C17H19ClN2O6/c1-4-25-13(21)8-26-12-6-5-10(18)7-11(12)15-14(16(22)24-3)9(2)19-17(23)20-15/h5-7,14-15H,2,4,8H2,1,3H3,(H2,19,20,23)/t14-,15-/m0/s1. The lowest BCUT2D eigenvalue weighted by Gasteiger charge is -2.33. The van der Waals surface area contributed by atoms with Crippen molar-refractivity contribution in [1.29, 1.82) is 0 Å². The van der Waals surface area contributed by atoms with Crippen LogP contribution >= 0.6 is 11.6 Å². The number of urea groups is 1. The lowest BCUT2D eigenvalue weighted by Crippen LogP contribution is -2.51. The van der Waals surface area contributed by atoms with Crippen molar-refractivity contribution >= 4 is 29.6 Å². The largest absolute Gasteiger partial charge is 0.482 e. The van der Waals surface area contributed by atoms with E-state index in [-0.39, 0.29) is 24.7 Å². The van der Waals surface area contributed by atoms with Crippen molar-refractivity contribution in [3.05, 3.63) is 41.1 Å². The molecule has 26 heavy (non-hydrogen) atoms. The number of benzene rings is 1. The molecule has 140 valence electrons. The zero-order valence-corrected chi connectivity index (χ0v) is 15.1. The third-order valence-electron chi connectivity index (χ3n) is 3.68. The number of amides is 2. The molecule has 0 spiro atoms. The van der Waals surface area contributed by atoms with Crippen LogP contribution in [0.5, 0.6) is 5.75 Å². The quantitative estimate of drug-likeness (QED) is 0.729. The highest BCUT2D eigenvalue weighted by molar-refractivity contribution is 6.30. The van der Waals surface area contributed by atoms with E-state index in [4.69, 9.17) is 25.8 Å². The predicted molar refractivity (Wildman–Crippen MR) is 92.6 cm³/mol.